The van der Waals surface area contributed by atoms with Crippen LogP contribution < -0.4 is 0 Å². The van der Waals surface area contributed by atoms with E-state index in [0.29, 0.717) is 5.56 Å². The lowest BCUT2D eigenvalue weighted by molar-refractivity contribution is 0.433. The molecule has 2 heteroatoms. The summed E-state index contributed by atoms with van der Waals surface area (Å²) in [5, 5.41) is 19.9. The van der Waals surface area contributed by atoms with Gasteiger partial charge in [0.25, 0.3) is 0 Å². The van der Waals surface area contributed by atoms with Crippen LogP contribution in [-0.4, -0.2) is 10.2 Å². The van der Waals surface area contributed by atoms with E-state index in [-0.39, 0.29) is 17.4 Å². The molecule has 2 nitrogen and oxygen atoms in total. The van der Waals surface area contributed by atoms with Crippen LogP contribution in [-0.2, 0) is 0 Å². The minimum atomic E-state index is 0.0900. The fourth-order valence-corrected chi connectivity index (χ4v) is 2.09. The van der Waals surface area contributed by atoms with Crippen molar-refractivity contribution >= 4 is 12.2 Å². The molecule has 2 aromatic carbocycles. The quantitative estimate of drug-likeness (QED) is 0.797. The Morgan fingerprint density at radius 3 is 1.89 bits per heavy atom. The summed E-state index contributed by atoms with van der Waals surface area (Å²) >= 11 is 0. The van der Waals surface area contributed by atoms with Gasteiger partial charge >= 0.3 is 0 Å². The summed E-state index contributed by atoms with van der Waals surface area (Å²) in [6.45, 7) is 3.88. The molecule has 2 N–H and O–H groups in total. The number of phenols is 2. The minimum absolute atomic E-state index is 0.0900. The van der Waals surface area contributed by atoms with Gasteiger partial charge in [-0.15, -0.1) is 0 Å². The molecule has 0 saturated carbocycles. The molecule has 98 valence electrons. The van der Waals surface area contributed by atoms with Gasteiger partial charge in [-0.25, -0.2) is 0 Å². The molecule has 0 unspecified atom stereocenters. The summed E-state index contributed by atoms with van der Waals surface area (Å²) in [5.74, 6) is 0.373. The van der Waals surface area contributed by atoms with Crippen LogP contribution in [0.15, 0.2) is 42.5 Å². The molecule has 0 aliphatic rings. The maximum absolute atomic E-state index is 9.95. The SMILES string of the molecule is CC(C)c1c(O)cc(/C=C\c2ccccc2)cc1O. The van der Waals surface area contributed by atoms with E-state index in [1.807, 2.05) is 56.3 Å². The normalized spacial score (nSPS) is 11.3. The fourth-order valence-electron chi connectivity index (χ4n) is 2.09. The molecule has 0 heterocycles. The van der Waals surface area contributed by atoms with E-state index in [1.165, 1.54) is 0 Å². The van der Waals surface area contributed by atoms with Crippen molar-refractivity contribution in [1.29, 1.82) is 0 Å². The van der Waals surface area contributed by atoms with Gasteiger partial charge in [0.1, 0.15) is 11.5 Å². The standard InChI is InChI=1S/C17H18O2/c1-12(2)17-15(18)10-14(11-16(17)19)9-8-13-6-4-3-5-7-13/h3-12,18-19H,1-2H3/b9-8-. The molecule has 0 bridgehead atoms. The van der Waals surface area contributed by atoms with Crippen molar-refractivity contribution in [2.24, 2.45) is 0 Å². The predicted octanol–water partition coefficient (Wildman–Crippen LogP) is 4.39. The van der Waals surface area contributed by atoms with E-state index in [2.05, 4.69) is 0 Å². The summed E-state index contributed by atoms with van der Waals surface area (Å²) in [6.07, 6.45) is 3.82. The lowest BCUT2D eigenvalue weighted by Gasteiger charge is -2.11. The third-order valence-corrected chi connectivity index (χ3v) is 3.00. The first-order valence-corrected chi connectivity index (χ1v) is 6.37. The molecule has 0 aromatic heterocycles. The average Bonchev–Trinajstić information content (AvgIpc) is 2.36. The van der Waals surface area contributed by atoms with E-state index < -0.39 is 0 Å². The monoisotopic (exact) mass is 254 g/mol. The number of hydrogen-bond acceptors (Lipinski definition) is 2. The Balaban J connectivity index is 2.30. The van der Waals surface area contributed by atoms with Gasteiger partial charge in [0.05, 0.1) is 0 Å². The van der Waals surface area contributed by atoms with E-state index in [1.54, 1.807) is 12.1 Å². The first-order chi connectivity index (χ1) is 9.08. The number of hydrogen-bond donors (Lipinski definition) is 2. The first kappa shape index (κ1) is 13.2. The first-order valence-electron chi connectivity index (χ1n) is 6.37. The van der Waals surface area contributed by atoms with Crippen LogP contribution in [0, 0.1) is 0 Å². The lowest BCUT2D eigenvalue weighted by atomic mass is 9.98. The van der Waals surface area contributed by atoms with E-state index in [4.69, 9.17) is 0 Å². The number of phenolic OH excluding ortho intramolecular Hbond substituents is 2. The molecule has 0 aliphatic heterocycles. The molecule has 0 amide bonds. The van der Waals surface area contributed by atoms with Gasteiger partial charge in [0.2, 0.25) is 0 Å². The third-order valence-electron chi connectivity index (χ3n) is 3.00. The van der Waals surface area contributed by atoms with Crippen LogP contribution in [0.1, 0.15) is 36.5 Å². The van der Waals surface area contributed by atoms with Gasteiger partial charge in [-0.3, -0.25) is 0 Å². The second-order valence-corrected chi connectivity index (χ2v) is 4.87. The van der Waals surface area contributed by atoms with Crippen molar-refractivity contribution in [2.75, 3.05) is 0 Å². The highest BCUT2D eigenvalue weighted by Gasteiger charge is 2.12. The molecule has 0 aliphatic carbocycles. The van der Waals surface area contributed by atoms with Crippen LogP contribution in [0.5, 0.6) is 11.5 Å². The Labute approximate surface area is 113 Å². The maximum atomic E-state index is 9.95. The fraction of sp³-hybridized carbons (Fsp3) is 0.176. The Morgan fingerprint density at radius 2 is 1.37 bits per heavy atom. The number of aromatic hydroxyl groups is 2. The van der Waals surface area contributed by atoms with Crippen molar-refractivity contribution in [3.8, 4) is 11.5 Å². The van der Waals surface area contributed by atoms with Gasteiger partial charge < -0.3 is 10.2 Å². The van der Waals surface area contributed by atoms with Crippen LogP contribution >= 0.6 is 0 Å². The van der Waals surface area contributed by atoms with Gasteiger partial charge in [-0.05, 0) is 29.2 Å². The minimum Gasteiger partial charge on any atom is -0.507 e. The van der Waals surface area contributed by atoms with E-state index in [9.17, 15) is 10.2 Å². The van der Waals surface area contributed by atoms with Crippen molar-refractivity contribution in [3.63, 3.8) is 0 Å². The van der Waals surface area contributed by atoms with Crippen molar-refractivity contribution in [1.82, 2.24) is 0 Å². The zero-order valence-electron chi connectivity index (χ0n) is 11.2. The van der Waals surface area contributed by atoms with Crippen LogP contribution in [0.2, 0.25) is 0 Å². The topological polar surface area (TPSA) is 40.5 Å². The van der Waals surface area contributed by atoms with E-state index >= 15 is 0 Å². The third kappa shape index (κ3) is 3.16. The van der Waals surface area contributed by atoms with E-state index in [0.717, 1.165) is 11.1 Å². The summed E-state index contributed by atoms with van der Waals surface area (Å²) in [4.78, 5) is 0. The molecular formula is C17H18O2. The largest absolute Gasteiger partial charge is 0.507 e. The molecule has 0 saturated heterocycles. The molecule has 2 rings (SSSR count). The van der Waals surface area contributed by atoms with Gasteiger partial charge in [-0.2, -0.15) is 0 Å². The molecule has 0 atom stereocenters. The Bertz CT molecular complexity index is 560. The highest BCUT2D eigenvalue weighted by atomic mass is 16.3. The predicted molar refractivity (Wildman–Crippen MR) is 79.2 cm³/mol. The number of rotatable bonds is 3. The van der Waals surface area contributed by atoms with Gasteiger partial charge in [-0.1, -0.05) is 56.3 Å². The smallest absolute Gasteiger partial charge is 0.123 e. The second-order valence-electron chi connectivity index (χ2n) is 4.87. The van der Waals surface area contributed by atoms with Crippen LogP contribution in [0.4, 0.5) is 0 Å². The molecule has 0 spiro atoms. The molecular weight excluding hydrogens is 236 g/mol. The highest BCUT2D eigenvalue weighted by Crippen LogP contribution is 2.35. The molecule has 2 aromatic rings. The highest BCUT2D eigenvalue weighted by molar-refractivity contribution is 5.71. The second kappa shape index (κ2) is 5.61. The zero-order valence-corrected chi connectivity index (χ0v) is 11.2. The van der Waals surface area contributed by atoms with Crippen LogP contribution in [0.3, 0.4) is 0 Å². The maximum Gasteiger partial charge on any atom is 0.123 e. The molecule has 0 fully saturated rings. The Kier molecular flexibility index (Phi) is 3.91. The van der Waals surface area contributed by atoms with Crippen molar-refractivity contribution in [3.05, 3.63) is 59.2 Å². The van der Waals surface area contributed by atoms with Crippen LogP contribution in [0.25, 0.3) is 12.2 Å². The summed E-state index contributed by atoms with van der Waals surface area (Å²) in [7, 11) is 0. The Morgan fingerprint density at radius 1 is 0.842 bits per heavy atom. The summed E-state index contributed by atoms with van der Waals surface area (Å²) < 4.78 is 0. The van der Waals surface area contributed by atoms with Gasteiger partial charge in [0, 0.05) is 5.56 Å². The average molecular weight is 254 g/mol. The zero-order chi connectivity index (χ0) is 13.8. The van der Waals surface area contributed by atoms with Crippen molar-refractivity contribution < 1.29 is 10.2 Å². The molecule has 19 heavy (non-hydrogen) atoms. The van der Waals surface area contributed by atoms with Crippen molar-refractivity contribution in [2.45, 2.75) is 19.8 Å². The number of benzene rings is 2. The van der Waals surface area contributed by atoms with Gasteiger partial charge in [0.15, 0.2) is 0 Å². The Hall–Kier alpha value is -2.22. The lowest BCUT2D eigenvalue weighted by Crippen LogP contribution is -1.90. The summed E-state index contributed by atoms with van der Waals surface area (Å²) in [6, 6.07) is 13.2. The molecule has 0 radical (unpaired) electrons. The summed E-state index contributed by atoms with van der Waals surface area (Å²) in [5.41, 5.74) is 2.45.